The summed E-state index contributed by atoms with van der Waals surface area (Å²) < 4.78 is 3.38. The molecular weight excluding hydrogens is 192 g/mol. The minimum atomic E-state index is -1.79. The van der Waals surface area contributed by atoms with Gasteiger partial charge in [-0.15, -0.1) is 0 Å². The predicted molar refractivity (Wildman–Crippen MR) is 70.3 cm³/mol. The third kappa shape index (κ3) is 2.35. The van der Waals surface area contributed by atoms with Crippen molar-refractivity contribution < 1.29 is 0 Å². The molecule has 0 aromatic rings. The van der Waals surface area contributed by atoms with Crippen molar-refractivity contribution in [2.75, 3.05) is 26.6 Å². The highest BCUT2D eigenvalue weighted by Gasteiger charge is 2.21. The molecule has 0 aliphatic heterocycles. The van der Waals surface area contributed by atoms with E-state index in [1.807, 2.05) is 14.1 Å². The molecule has 0 amide bonds. The van der Waals surface area contributed by atoms with Crippen LogP contribution in [0.2, 0.25) is 0 Å². The topological polar surface area (TPSA) is 24.1 Å². The van der Waals surface area contributed by atoms with Crippen molar-refractivity contribution in [1.29, 1.82) is 0 Å². The van der Waals surface area contributed by atoms with Gasteiger partial charge in [0.15, 0.2) is 0 Å². The van der Waals surface area contributed by atoms with Crippen molar-refractivity contribution >= 4 is 14.8 Å². The second-order valence-electron chi connectivity index (χ2n) is 4.49. The molecule has 0 saturated carbocycles. The Bertz CT molecular complexity index is 333. The maximum atomic E-state index is 4.35. The zero-order chi connectivity index (χ0) is 10.8. The van der Waals surface area contributed by atoms with Gasteiger partial charge in [0.05, 0.1) is 0 Å². The Kier molecular flexibility index (Phi) is 3.04. The van der Waals surface area contributed by atoms with Crippen LogP contribution < -0.4 is 10.0 Å². The van der Waals surface area contributed by atoms with Crippen LogP contribution in [0.1, 0.15) is 6.42 Å². The average Bonchev–Trinajstić information content (AvgIpc) is 2.18. The molecule has 2 nitrogen and oxygen atoms in total. The van der Waals surface area contributed by atoms with E-state index in [4.69, 9.17) is 0 Å². The van der Waals surface area contributed by atoms with Crippen LogP contribution in [0.25, 0.3) is 0 Å². The fraction of sp³-hybridized carbons (Fsp3) is 0.545. The summed E-state index contributed by atoms with van der Waals surface area (Å²) in [6.07, 6.45) is 12.2. The van der Waals surface area contributed by atoms with E-state index in [1.54, 1.807) is 0 Å². The minimum Gasteiger partial charge on any atom is -0.313 e. The molecule has 14 heavy (non-hydrogen) atoms. The second-order valence-corrected chi connectivity index (χ2v) is 9.76. The van der Waals surface area contributed by atoms with E-state index in [2.05, 4.69) is 46.6 Å². The molecule has 3 heteroatoms. The molecule has 82 valence electrons. The number of hydrogen-bond donors (Lipinski definition) is 2. The van der Waals surface area contributed by atoms with Crippen molar-refractivity contribution in [1.82, 2.24) is 10.0 Å². The quantitative estimate of drug-likeness (QED) is 0.697. The Morgan fingerprint density at radius 3 is 2.43 bits per heavy atom. The van der Waals surface area contributed by atoms with E-state index in [0.717, 1.165) is 6.42 Å². The van der Waals surface area contributed by atoms with Crippen LogP contribution >= 0.6 is 8.94 Å². The number of nitrogens with one attached hydrogen (secondary N) is 2. The van der Waals surface area contributed by atoms with Crippen LogP contribution in [0.3, 0.4) is 0 Å². The monoisotopic (exact) mass is 214 g/mol. The molecule has 0 bridgehead atoms. The molecule has 0 fully saturated rings. The van der Waals surface area contributed by atoms with Crippen LogP contribution in [0, 0.1) is 0 Å². The fourth-order valence-corrected chi connectivity index (χ4v) is 2.80. The van der Waals surface area contributed by atoms with Gasteiger partial charge < -0.3 is 5.32 Å². The summed E-state index contributed by atoms with van der Waals surface area (Å²) in [5.41, 5.74) is 0. The Balaban J connectivity index is 2.91. The Hall–Kier alpha value is -0.380. The first-order valence-electron chi connectivity index (χ1n) is 4.86. The van der Waals surface area contributed by atoms with Crippen LogP contribution in [0.5, 0.6) is 0 Å². The minimum absolute atomic E-state index is 0.485. The van der Waals surface area contributed by atoms with E-state index >= 15 is 0 Å². The van der Waals surface area contributed by atoms with Crippen LogP contribution in [0.4, 0.5) is 0 Å². The second kappa shape index (κ2) is 3.65. The first kappa shape index (κ1) is 11.7. The molecule has 0 aromatic carbocycles. The lowest BCUT2D eigenvalue weighted by atomic mass is 10.1. The Morgan fingerprint density at radius 2 is 2.07 bits per heavy atom. The Morgan fingerprint density at radius 1 is 1.43 bits per heavy atom. The predicted octanol–water partition coefficient (Wildman–Crippen LogP) is 1.58. The molecular formula is C11H22N2S. The first-order valence-corrected chi connectivity index (χ1v) is 7.89. The van der Waals surface area contributed by atoms with Crippen molar-refractivity contribution in [3.8, 4) is 0 Å². The molecule has 0 radical (unpaired) electrons. The normalized spacial score (nSPS) is 25.3. The standard InChI is InChI=1S/C11H22N2S/c1-12-10-6-8-11(9-7-10)14(3,4,5)13-2/h6,8-10,12-13H,3,7H2,1-2,4-5H3. The zero-order valence-corrected chi connectivity index (χ0v) is 10.4. The summed E-state index contributed by atoms with van der Waals surface area (Å²) >= 11 is 0. The number of likely N-dealkylation sites (N-methyl/N-ethyl adjacent to an activating group) is 1. The van der Waals surface area contributed by atoms with Crippen LogP contribution in [-0.2, 0) is 0 Å². The smallest absolute Gasteiger partial charge is 0.0285 e. The summed E-state index contributed by atoms with van der Waals surface area (Å²) in [5.74, 6) is 4.35. The molecule has 0 saturated heterocycles. The Labute approximate surface area is 87.5 Å². The van der Waals surface area contributed by atoms with Crippen LogP contribution in [-0.4, -0.2) is 38.5 Å². The van der Waals surface area contributed by atoms with Crippen molar-refractivity contribution in [3.05, 3.63) is 23.1 Å². The van der Waals surface area contributed by atoms with Gasteiger partial charge >= 0.3 is 0 Å². The van der Waals surface area contributed by atoms with Gasteiger partial charge in [-0.2, -0.15) is 8.94 Å². The van der Waals surface area contributed by atoms with Gasteiger partial charge in [-0.25, -0.2) is 0 Å². The summed E-state index contributed by atoms with van der Waals surface area (Å²) in [5, 5.41) is 3.25. The van der Waals surface area contributed by atoms with Crippen LogP contribution in [0.15, 0.2) is 23.1 Å². The molecule has 1 rings (SSSR count). The third-order valence-corrected chi connectivity index (χ3v) is 5.97. The SMILES string of the molecule is C=S(C)(C)(NC)C1=CCC(NC)C=C1. The highest BCUT2D eigenvalue weighted by Crippen LogP contribution is 2.54. The van der Waals surface area contributed by atoms with Crippen molar-refractivity contribution in [2.45, 2.75) is 12.5 Å². The lowest BCUT2D eigenvalue weighted by molar-refractivity contribution is 0.671. The van der Waals surface area contributed by atoms with Gasteiger partial charge in [-0.3, -0.25) is 4.72 Å². The summed E-state index contributed by atoms with van der Waals surface area (Å²) in [6.45, 7) is 0. The van der Waals surface area contributed by atoms with Gasteiger partial charge in [-0.1, -0.05) is 24.1 Å². The molecule has 1 aliphatic rings. The number of rotatable bonds is 3. The lowest BCUT2D eigenvalue weighted by Gasteiger charge is -2.43. The zero-order valence-electron chi connectivity index (χ0n) is 9.63. The molecule has 1 unspecified atom stereocenters. The highest BCUT2D eigenvalue weighted by molar-refractivity contribution is 8.47. The molecule has 1 aliphatic carbocycles. The number of hydrogen-bond acceptors (Lipinski definition) is 2. The van der Waals surface area contributed by atoms with E-state index in [0.29, 0.717) is 6.04 Å². The van der Waals surface area contributed by atoms with Gasteiger partial charge in [-0.05, 0) is 37.9 Å². The average molecular weight is 214 g/mol. The van der Waals surface area contributed by atoms with Crippen molar-refractivity contribution in [2.24, 2.45) is 0 Å². The van der Waals surface area contributed by atoms with Gasteiger partial charge in [0.25, 0.3) is 0 Å². The largest absolute Gasteiger partial charge is 0.313 e. The maximum absolute atomic E-state index is 4.35. The summed E-state index contributed by atoms with van der Waals surface area (Å²) in [7, 11) is 2.20. The van der Waals surface area contributed by atoms with Gasteiger partial charge in [0, 0.05) is 6.04 Å². The third-order valence-electron chi connectivity index (χ3n) is 2.85. The molecule has 0 spiro atoms. The van der Waals surface area contributed by atoms with Gasteiger partial charge in [0.2, 0.25) is 0 Å². The first-order chi connectivity index (χ1) is 6.37. The van der Waals surface area contributed by atoms with E-state index in [1.165, 1.54) is 4.91 Å². The van der Waals surface area contributed by atoms with Gasteiger partial charge in [0.1, 0.15) is 0 Å². The molecule has 1 atom stereocenters. The molecule has 2 N–H and O–H groups in total. The molecule has 0 aromatic heterocycles. The maximum Gasteiger partial charge on any atom is 0.0285 e. The fourth-order valence-electron chi connectivity index (χ4n) is 1.42. The summed E-state index contributed by atoms with van der Waals surface area (Å²) in [6, 6.07) is 0.485. The molecule has 0 heterocycles. The lowest BCUT2D eigenvalue weighted by Crippen LogP contribution is -2.27. The van der Waals surface area contributed by atoms with Crippen molar-refractivity contribution in [3.63, 3.8) is 0 Å². The van der Waals surface area contributed by atoms with E-state index in [-0.39, 0.29) is 0 Å². The van der Waals surface area contributed by atoms with E-state index < -0.39 is 8.94 Å². The summed E-state index contributed by atoms with van der Waals surface area (Å²) in [4.78, 5) is 1.36. The van der Waals surface area contributed by atoms with E-state index in [9.17, 15) is 0 Å². The number of allylic oxidation sites excluding steroid dienone is 1. The highest BCUT2D eigenvalue weighted by atomic mass is 32.3.